The van der Waals surface area contributed by atoms with Crippen LogP contribution in [0.4, 0.5) is 8.78 Å². The average Bonchev–Trinajstić information content (AvgIpc) is 3.19. The summed E-state index contributed by atoms with van der Waals surface area (Å²) in [5, 5.41) is 6.92. The molecule has 5 N–H and O–H groups in total. The van der Waals surface area contributed by atoms with E-state index < -0.39 is 17.5 Å². The van der Waals surface area contributed by atoms with Gasteiger partial charge in [-0.15, -0.1) is 11.3 Å². The lowest BCUT2D eigenvalue weighted by molar-refractivity contribution is 0.100. The Kier molecular flexibility index (Phi) is 5.38. The molecule has 8 heteroatoms. The third kappa shape index (κ3) is 3.63. The molecule has 0 spiro atoms. The maximum absolute atomic E-state index is 13.6. The highest BCUT2D eigenvalue weighted by Gasteiger charge is 2.26. The van der Waals surface area contributed by atoms with E-state index >= 15 is 0 Å². The zero-order valence-electron chi connectivity index (χ0n) is 15.0. The molecule has 0 saturated heterocycles. The number of benzene rings is 1. The summed E-state index contributed by atoms with van der Waals surface area (Å²) in [6.45, 7) is 4.04. The molecule has 3 rings (SSSR count). The number of carbonyl (C=O) groups excluding carboxylic acids is 1. The molecule has 1 atom stereocenters. The van der Waals surface area contributed by atoms with Crippen molar-refractivity contribution in [2.24, 2.45) is 11.5 Å². The monoisotopic (exact) mass is 390 g/mol. The van der Waals surface area contributed by atoms with Gasteiger partial charge in [0, 0.05) is 22.1 Å². The molecular weight excluding hydrogens is 370 g/mol. The third-order valence-electron chi connectivity index (χ3n) is 4.65. The van der Waals surface area contributed by atoms with Gasteiger partial charge >= 0.3 is 0 Å². The van der Waals surface area contributed by atoms with Crippen LogP contribution in [0, 0.1) is 25.5 Å². The van der Waals surface area contributed by atoms with Crippen LogP contribution in [-0.2, 0) is 6.42 Å². The fourth-order valence-corrected chi connectivity index (χ4v) is 4.61. The highest BCUT2D eigenvalue weighted by Crippen LogP contribution is 2.41. The molecule has 27 heavy (non-hydrogen) atoms. The predicted molar refractivity (Wildman–Crippen MR) is 102 cm³/mol. The minimum Gasteiger partial charge on any atom is -0.365 e. The average molecular weight is 390 g/mol. The van der Waals surface area contributed by atoms with Crippen molar-refractivity contribution in [3.8, 4) is 10.4 Å². The first kappa shape index (κ1) is 19.2. The van der Waals surface area contributed by atoms with E-state index in [-0.39, 0.29) is 12.5 Å². The van der Waals surface area contributed by atoms with Crippen LogP contribution in [0.1, 0.15) is 38.0 Å². The van der Waals surface area contributed by atoms with E-state index in [0.29, 0.717) is 16.9 Å². The summed E-state index contributed by atoms with van der Waals surface area (Å²) in [6, 6.07) is 3.77. The standard InChI is InChI=1S/C19H20F2N4OS/c1-9-16(12(7-22)5-11-3-4-14(20)15(21)6-11)18(19(23)26)27-17(9)13-8-24-25-10(13)2/h3-4,6,8,12H,5,7,22H2,1-2H3,(H2,23,26)(H,24,25)/t12-/m1/s1. The number of rotatable bonds is 6. The first-order valence-corrected chi connectivity index (χ1v) is 9.22. The van der Waals surface area contributed by atoms with E-state index in [0.717, 1.165) is 39.4 Å². The van der Waals surface area contributed by atoms with Crippen LogP contribution in [0.5, 0.6) is 0 Å². The molecule has 142 valence electrons. The van der Waals surface area contributed by atoms with Crippen LogP contribution in [0.15, 0.2) is 24.4 Å². The normalized spacial score (nSPS) is 12.3. The summed E-state index contributed by atoms with van der Waals surface area (Å²) in [5.41, 5.74) is 15.6. The van der Waals surface area contributed by atoms with Gasteiger partial charge in [0.1, 0.15) is 0 Å². The number of halogens is 2. The number of nitrogens with two attached hydrogens (primary N) is 2. The van der Waals surface area contributed by atoms with Crippen LogP contribution in [0.3, 0.4) is 0 Å². The number of hydrogen-bond donors (Lipinski definition) is 3. The Morgan fingerprint density at radius 1 is 1.30 bits per heavy atom. The Hall–Kier alpha value is -2.58. The molecule has 1 aromatic carbocycles. The topological polar surface area (TPSA) is 97.8 Å². The number of amides is 1. The molecule has 0 aliphatic carbocycles. The molecule has 0 aliphatic heterocycles. The summed E-state index contributed by atoms with van der Waals surface area (Å²) >= 11 is 1.30. The van der Waals surface area contributed by atoms with Crippen molar-refractivity contribution in [3.63, 3.8) is 0 Å². The Balaban J connectivity index is 2.07. The number of carbonyl (C=O) groups is 1. The Morgan fingerprint density at radius 3 is 2.59 bits per heavy atom. The summed E-state index contributed by atoms with van der Waals surface area (Å²) in [5.74, 6) is -2.59. The number of primary amides is 1. The number of nitrogens with zero attached hydrogens (tertiary/aromatic N) is 1. The molecule has 0 radical (unpaired) electrons. The Bertz CT molecular complexity index is 996. The minimum absolute atomic E-state index is 0.237. The molecule has 2 heterocycles. The van der Waals surface area contributed by atoms with Gasteiger partial charge in [0.05, 0.1) is 11.1 Å². The van der Waals surface area contributed by atoms with Gasteiger partial charge in [-0.25, -0.2) is 8.78 Å². The first-order chi connectivity index (χ1) is 12.8. The maximum Gasteiger partial charge on any atom is 0.259 e. The van der Waals surface area contributed by atoms with Crippen molar-refractivity contribution in [2.75, 3.05) is 6.54 Å². The van der Waals surface area contributed by atoms with E-state index in [4.69, 9.17) is 11.5 Å². The van der Waals surface area contributed by atoms with E-state index in [1.54, 1.807) is 6.20 Å². The van der Waals surface area contributed by atoms with Gasteiger partial charge in [0.2, 0.25) is 0 Å². The number of nitrogens with one attached hydrogen (secondary N) is 1. The Morgan fingerprint density at radius 2 is 2.04 bits per heavy atom. The largest absolute Gasteiger partial charge is 0.365 e. The minimum atomic E-state index is -0.907. The number of hydrogen-bond acceptors (Lipinski definition) is 4. The highest BCUT2D eigenvalue weighted by molar-refractivity contribution is 7.17. The zero-order valence-corrected chi connectivity index (χ0v) is 15.8. The lowest BCUT2D eigenvalue weighted by atomic mass is 9.88. The molecule has 0 saturated carbocycles. The third-order valence-corrected chi connectivity index (χ3v) is 6.01. The Labute approximate surface area is 159 Å². The van der Waals surface area contributed by atoms with Crippen LogP contribution in [0.25, 0.3) is 10.4 Å². The maximum atomic E-state index is 13.6. The zero-order chi connectivity index (χ0) is 19.7. The lowest BCUT2D eigenvalue weighted by Gasteiger charge is -2.17. The van der Waals surface area contributed by atoms with E-state index in [1.165, 1.54) is 17.4 Å². The van der Waals surface area contributed by atoms with Crippen molar-refractivity contribution >= 4 is 17.2 Å². The van der Waals surface area contributed by atoms with Gasteiger partial charge in [-0.1, -0.05) is 6.07 Å². The van der Waals surface area contributed by atoms with Crippen molar-refractivity contribution in [1.82, 2.24) is 10.2 Å². The van der Waals surface area contributed by atoms with Gasteiger partial charge in [0.15, 0.2) is 11.6 Å². The van der Waals surface area contributed by atoms with E-state index in [9.17, 15) is 13.6 Å². The SMILES string of the molecule is Cc1[nH]ncc1-c1sc(C(N)=O)c([C@@H](CN)Cc2ccc(F)c(F)c2)c1C. The molecule has 0 aliphatic rings. The van der Waals surface area contributed by atoms with Crippen molar-refractivity contribution < 1.29 is 13.6 Å². The molecule has 1 amide bonds. The summed E-state index contributed by atoms with van der Waals surface area (Å²) in [4.78, 5) is 13.4. The van der Waals surface area contributed by atoms with Crippen molar-refractivity contribution in [1.29, 1.82) is 0 Å². The highest BCUT2D eigenvalue weighted by atomic mass is 32.1. The van der Waals surface area contributed by atoms with E-state index in [2.05, 4.69) is 10.2 Å². The van der Waals surface area contributed by atoms with E-state index in [1.807, 2.05) is 13.8 Å². The first-order valence-electron chi connectivity index (χ1n) is 8.40. The van der Waals surface area contributed by atoms with Gasteiger partial charge in [-0.2, -0.15) is 5.10 Å². The van der Waals surface area contributed by atoms with Gasteiger partial charge in [-0.3, -0.25) is 9.89 Å². The molecule has 5 nitrogen and oxygen atoms in total. The summed E-state index contributed by atoms with van der Waals surface area (Å²) in [7, 11) is 0. The number of aryl methyl sites for hydroxylation is 1. The summed E-state index contributed by atoms with van der Waals surface area (Å²) < 4.78 is 26.8. The molecule has 2 aromatic heterocycles. The molecular formula is C19H20F2N4OS. The van der Waals surface area contributed by atoms with Crippen LogP contribution in [0.2, 0.25) is 0 Å². The van der Waals surface area contributed by atoms with Crippen molar-refractivity contribution in [3.05, 3.63) is 63.3 Å². The predicted octanol–water partition coefficient (Wildman–Crippen LogP) is 3.42. The number of aromatic nitrogens is 2. The number of thiophene rings is 1. The molecule has 0 fully saturated rings. The fraction of sp³-hybridized carbons (Fsp3) is 0.263. The van der Waals surface area contributed by atoms with Gasteiger partial charge < -0.3 is 11.5 Å². The van der Waals surface area contributed by atoms with Gasteiger partial charge in [0.25, 0.3) is 5.91 Å². The fourth-order valence-electron chi connectivity index (χ4n) is 3.29. The molecule has 0 bridgehead atoms. The molecule has 3 aromatic rings. The second kappa shape index (κ2) is 7.58. The van der Waals surface area contributed by atoms with Crippen LogP contribution >= 0.6 is 11.3 Å². The smallest absolute Gasteiger partial charge is 0.259 e. The lowest BCUT2D eigenvalue weighted by Crippen LogP contribution is -2.20. The van der Waals surface area contributed by atoms with Crippen molar-refractivity contribution in [2.45, 2.75) is 26.2 Å². The quantitative estimate of drug-likeness (QED) is 0.601. The number of H-pyrrole nitrogens is 1. The van der Waals surface area contributed by atoms with Crippen LogP contribution in [-0.4, -0.2) is 22.6 Å². The second-order valence-corrected chi connectivity index (χ2v) is 7.48. The molecule has 0 unspecified atom stereocenters. The number of aromatic amines is 1. The second-order valence-electron chi connectivity index (χ2n) is 6.46. The van der Waals surface area contributed by atoms with Crippen LogP contribution < -0.4 is 11.5 Å². The summed E-state index contributed by atoms with van der Waals surface area (Å²) in [6.07, 6.45) is 2.07. The van der Waals surface area contributed by atoms with Gasteiger partial charge in [-0.05, 0) is 55.6 Å².